The molecule has 0 aliphatic carbocycles. The fourth-order valence-corrected chi connectivity index (χ4v) is 2.44. The second kappa shape index (κ2) is 8.99. The van der Waals surface area contributed by atoms with E-state index in [0.717, 1.165) is 39.3 Å². The first-order valence-electron chi connectivity index (χ1n) is 7.96. The Morgan fingerprint density at radius 3 is 2.38 bits per heavy atom. The van der Waals surface area contributed by atoms with Gasteiger partial charge in [0.2, 0.25) is 5.91 Å². The number of carbonyl (C=O) groups excluding carboxylic acids is 3. The van der Waals surface area contributed by atoms with Crippen LogP contribution in [0.4, 0.5) is 5.69 Å². The summed E-state index contributed by atoms with van der Waals surface area (Å²) in [6.07, 6.45) is 0.807. The number of benzene rings is 1. The van der Waals surface area contributed by atoms with Gasteiger partial charge < -0.3 is 26.0 Å². The number of nitrogens with two attached hydrogens (primary N) is 1. The van der Waals surface area contributed by atoms with Crippen molar-refractivity contribution in [2.45, 2.75) is 6.42 Å². The first-order chi connectivity index (χ1) is 11.6. The highest BCUT2D eigenvalue weighted by Crippen LogP contribution is 2.08. The number of rotatable bonds is 6. The molecular weight excluding hydrogens is 312 g/mol. The Hall–Kier alpha value is -2.45. The Labute approximate surface area is 140 Å². The molecule has 1 aromatic rings. The van der Waals surface area contributed by atoms with Crippen LogP contribution in [0.3, 0.4) is 0 Å². The molecule has 1 aromatic carbocycles. The van der Waals surface area contributed by atoms with E-state index in [-0.39, 0.29) is 0 Å². The zero-order valence-corrected chi connectivity index (χ0v) is 13.5. The summed E-state index contributed by atoms with van der Waals surface area (Å²) in [5.41, 5.74) is 5.90. The van der Waals surface area contributed by atoms with E-state index in [1.807, 2.05) is 0 Å². The SMILES string of the molecule is NC(=O)c1ccc(NC(=O)C(=O)NCCC[NH+]2CCOCC2)cc1. The summed E-state index contributed by atoms with van der Waals surface area (Å²) in [6, 6.07) is 6.02. The Bertz CT molecular complexity index is 582. The van der Waals surface area contributed by atoms with Crippen molar-refractivity contribution in [3.8, 4) is 0 Å². The molecule has 0 radical (unpaired) electrons. The molecule has 1 aliphatic rings. The number of hydrogen-bond donors (Lipinski definition) is 4. The number of hydrogen-bond acceptors (Lipinski definition) is 4. The minimum atomic E-state index is -0.736. The summed E-state index contributed by atoms with van der Waals surface area (Å²) in [7, 11) is 0. The zero-order valence-electron chi connectivity index (χ0n) is 13.5. The number of ether oxygens (including phenoxy) is 1. The zero-order chi connectivity index (χ0) is 17.4. The number of nitrogens with one attached hydrogen (secondary N) is 3. The van der Waals surface area contributed by atoms with Gasteiger partial charge in [-0.3, -0.25) is 14.4 Å². The van der Waals surface area contributed by atoms with Gasteiger partial charge in [-0.15, -0.1) is 0 Å². The van der Waals surface area contributed by atoms with E-state index in [2.05, 4.69) is 10.6 Å². The summed E-state index contributed by atoms with van der Waals surface area (Å²) in [6.45, 7) is 4.92. The maximum Gasteiger partial charge on any atom is 0.313 e. The maximum atomic E-state index is 11.8. The Morgan fingerprint density at radius 2 is 1.75 bits per heavy atom. The number of carbonyl (C=O) groups is 3. The van der Waals surface area contributed by atoms with E-state index in [1.54, 1.807) is 0 Å². The normalized spacial score (nSPS) is 14.8. The summed E-state index contributed by atoms with van der Waals surface area (Å²) >= 11 is 0. The lowest BCUT2D eigenvalue weighted by Crippen LogP contribution is -3.14. The molecule has 1 fully saturated rings. The van der Waals surface area contributed by atoms with Crippen molar-refractivity contribution in [3.63, 3.8) is 0 Å². The minimum absolute atomic E-state index is 0.336. The van der Waals surface area contributed by atoms with Crippen molar-refractivity contribution in [1.29, 1.82) is 0 Å². The smallest absolute Gasteiger partial charge is 0.313 e. The molecule has 130 valence electrons. The molecule has 3 amide bonds. The van der Waals surface area contributed by atoms with E-state index in [9.17, 15) is 14.4 Å². The highest BCUT2D eigenvalue weighted by atomic mass is 16.5. The lowest BCUT2D eigenvalue weighted by molar-refractivity contribution is -0.908. The number of morpholine rings is 1. The topological polar surface area (TPSA) is 115 Å². The van der Waals surface area contributed by atoms with Gasteiger partial charge in [-0.2, -0.15) is 0 Å². The number of amides is 3. The average molecular weight is 335 g/mol. The van der Waals surface area contributed by atoms with Gasteiger partial charge in [0.05, 0.1) is 19.8 Å². The van der Waals surface area contributed by atoms with Crippen LogP contribution in [0.15, 0.2) is 24.3 Å². The molecule has 1 aliphatic heterocycles. The van der Waals surface area contributed by atoms with Gasteiger partial charge in [0, 0.05) is 24.2 Å². The lowest BCUT2D eigenvalue weighted by atomic mass is 10.2. The highest BCUT2D eigenvalue weighted by molar-refractivity contribution is 6.39. The van der Waals surface area contributed by atoms with Crippen molar-refractivity contribution in [1.82, 2.24) is 5.32 Å². The quantitative estimate of drug-likeness (QED) is 0.361. The molecule has 1 heterocycles. The predicted octanol–water partition coefficient (Wildman–Crippen LogP) is -1.85. The Kier molecular flexibility index (Phi) is 6.71. The van der Waals surface area contributed by atoms with Gasteiger partial charge in [0.15, 0.2) is 0 Å². The van der Waals surface area contributed by atoms with Crippen molar-refractivity contribution < 1.29 is 24.0 Å². The minimum Gasteiger partial charge on any atom is -0.370 e. The molecule has 24 heavy (non-hydrogen) atoms. The van der Waals surface area contributed by atoms with E-state index < -0.39 is 17.7 Å². The van der Waals surface area contributed by atoms with Gasteiger partial charge in [-0.1, -0.05) is 0 Å². The van der Waals surface area contributed by atoms with Gasteiger partial charge in [-0.25, -0.2) is 0 Å². The molecule has 8 nitrogen and oxygen atoms in total. The number of anilines is 1. The third kappa shape index (κ3) is 5.64. The van der Waals surface area contributed by atoms with Crippen LogP contribution in [0.2, 0.25) is 0 Å². The summed E-state index contributed by atoms with van der Waals surface area (Å²) in [5, 5.41) is 5.08. The molecule has 0 atom stereocenters. The summed E-state index contributed by atoms with van der Waals surface area (Å²) in [4.78, 5) is 36.0. The Balaban J connectivity index is 1.67. The average Bonchev–Trinajstić information content (AvgIpc) is 2.60. The first kappa shape index (κ1) is 17.9. The van der Waals surface area contributed by atoms with Crippen LogP contribution in [-0.2, 0) is 14.3 Å². The summed E-state index contributed by atoms with van der Waals surface area (Å²) < 4.78 is 5.28. The van der Waals surface area contributed by atoms with E-state index in [4.69, 9.17) is 10.5 Å². The van der Waals surface area contributed by atoms with Crippen molar-refractivity contribution in [2.75, 3.05) is 44.7 Å². The first-order valence-corrected chi connectivity index (χ1v) is 7.96. The molecule has 0 spiro atoms. The molecule has 8 heteroatoms. The molecule has 0 bridgehead atoms. The van der Waals surface area contributed by atoms with Gasteiger partial charge >= 0.3 is 11.8 Å². The van der Waals surface area contributed by atoms with Crippen LogP contribution < -0.4 is 21.3 Å². The van der Waals surface area contributed by atoms with E-state index >= 15 is 0 Å². The number of primary amides is 1. The predicted molar refractivity (Wildman–Crippen MR) is 87.6 cm³/mol. The fraction of sp³-hybridized carbons (Fsp3) is 0.438. The van der Waals surface area contributed by atoms with Crippen LogP contribution in [0.1, 0.15) is 16.8 Å². The van der Waals surface area contributed by atoms with Gasteiger partial charge in [0.25, 0.3) is 0 Å². The molecule has 0 aromatic heterocycles. The Morgan fingerprint density at radius 1 is 1.08 bits per heavy atom. The van der Waals surface area contributed by atoms with Crippen LogP contribution >= 0.6 is 0 Å². The van der Waals surface area contributed by atoms with Crippen LogP contribution in [-0.4, -0.2) is 57.1 Å². The van der Waals surface area contributed by atoms with Crippen molar-refractivity contribution in [2.24, 2.45) is 5.73 Å². The van der Waals surface area contributed by atoms with Crippen LogP contribution in [0.25, 0.3) is 0 Å². The molecule has 2 rings (SSSR count). The molecule has 0 saturated carbocycles. The molecule has 1 saturated heterocycles. The highest BCUT2D eigenvalue weighted by Gasteiger charge is 2.15. The lowest BCUT2D eigenvalue weighted by Gasteiger charge is -2.23. The third-order valence-electron chi connectivity index (χ3n) is 3.83. The largest absolute Gasteiger partial charge is 0.370 e. The maximum absolute atomic E-state index is 11.8. The molecule has 5 N–H and O–H groups in total. The van der Waals surface area contributed by atoms with Crippen LogP contribution in [0, 0.1) is 0 Å². The molecular formula is C16H23N4O4+. The third-order valence-corrected chi connectivity index (χ3v) is 3.83. The second-order valence-electron chi connectivity index (χ2n) is 5.62. The summed E-state index contributed by atoms with van der Waals surface area (Å²) in [5.74, 6) is -1.96. The monoisotopic (exact) mass is 335 g/mol. The van der Waals surface area contributed by atoms with Crippen molar-refractivity contribution in [3.05, 3.63) is 29.8 Å². The standard InChI is InChI=1S/C16H22N4O4/c17-14(21)12-2-4-13(5-3-12)19-16(23)15(22)18-6-1-7-20-8-10-24-11-9-20/h2-5H,1,6-11H2,(H2,17,21)(H,18,22)(H,19,23)/p+1. The second-order valence-corrected chi connectivity index (χ2v) is 5.62. The fourth-order valence-electron chi connectivity index (χ4n) is 2.44. The van der Waals surface area contributed by atoms with E-state index in [1.165, 1.54) is 29.2 Å². The van der Waals surface area contributed by atoms with Gasteiger partial charge in [0.1, 0.15) is 13.1 Å². The van der Waals surface area contributed by atoms with Gasteiger partial charge in [-0.05, 0) is 24.3 Å². The molecule has 0 unspecified atom stereocenters. The number of quaternary nitrogens is 1. The van der Waals surface area contributed by atoms with E-state index in [0.29, 0.717) is 17.8 Å². The van der Waals surface area contributed by atoms with Crippen LogP contribution in [0.5, 0.6) is 0 Å². The van der Waals surface area contributed by atoms with Crippen molar-refractivity contribution >= 4 is 23.4 Å².